The lowest BCUT2D eigenvalue weighted by Crippen LogP contribution is -2.41. The molecule has 0 aliphatic rings. The summed E-state index contributed by atoms with van der Waals surface area (Å²) in [5.41, 5.74) is -0.778. The maximum absolute atomic E-state index is 11.4. The van der Waals surface area contributed by atoms with Gasteiger partial charge in [0.2, 0.25) is 0 Å². The third-order valence-electron chi connectivity index (χ3n) is 2.17. The molecule has 0 aromatic heterocycles. The molecule has 0 fully saturated rings. The Morgan fingerprint density at radius 2 is 2.00 bits per heavy atom. The fraction of sp³-hybridized carbons (Fsp3) is 0.917. The number of likely N-dealkylation sites (N-methyl/N-ethyl adjacent to an activating group) is 1. The monoisotopic (exact) mass is 231 g/mol. The Hall–Kier alpha value is -0.610. The summed E-state index contributed by atoms with van der Waals surface area (Å²) in [6.07, 6.45) is 1.93. The maximum atomic E-state index is 11.4. The SMILES string of the molecule is CCCCOC(=O)CN(CC)CC(C)(C)O. The fourth-order valence-electron chi connectivity index (χ4n) is 1.39. The predicted octanol–water partition coefficient (Wildman–Crippen LogP) is 1.42. The number of unbranched alkanes of at least 4 members (excludes halogenated alkanes) is 1. The second-order valence-electron chi connectivity index (χ2n) is 4.69. The van der Waals surface area contributed by atoms with Crippen molar-refractivity contribution in [2.45, 2.75) is 46.1 Å². The molecule has 4 heteroatoms. The molecule has 0 amide bonds. The molecule has 0 unspecified atom stereocenters. The zero-order valence-electron chi connectivity index (χ0n) is 11.0. The van der Waals surface area contributed by atoms with Crippen molar-refractivity contribution < 1.29 is 14.6 Å². The lowest BCUT2D eigenvalue weighted by Gasteiger charge is -2.26. The van der Waals surface area contributed by atoms with Gasteiger partial charge in [-0.3, -0.25) is 9.69 Å². The average molecular weight is 231 g/mol. The molecular formula is C12H25NO3. The number of aliphatic hydroxyl groups is 1. The number of esters is 1. The third kappa shape index (κ3) is 8.68. The largest absolute Gasteiger partial charge is 0.465 e. The Bertz CT molecular complexity index is 199. The first-order valence-electron chi connectivity index (χ1n) is 5.99. The van der Waals surface area contributed by atoms with Crippen LogP contribution in [0.5, 0.6) is 0 Å². The van der Waals surface area contributed by atoms with Crippen molar-refractivity contribution in [2.24, 2.45) is 0 Å². The molecule has 96 valence electrons. The van der Waals surface area contributed by atoms with Gasteiger partial charge in [0.25, 0.3) is 0 Å². The molecule has 0 atom stereocenters. The second kappa shape index (κ2) is 7.63. The van der Waals surface area contributed by atoms with E-state index < -0.39 is 5.60 Å². The summed E-state index contributed by atoms with van der Waals surface area (Å²) in [5.74, 6) is -0.209. The van der Waals surface area contributed by atoms with E-state index in [0.717, 1.165) is 19.4 Å². The van der Waals surface area contributed by atoms with Gasteiger partial charge in [-0.2, -0.15) is 0 Å². The highest BCUT2D eigenvalue weighted by molar-refractivity contribution is 5.71. The molecule has 0 saturated carbocycles. The van der Waals surface area contributed by atoms with Crippen molar-refractivity contribution >= 4 is 5.97 Å². The zero-order chi connectivity index (χ0) is 12.6. The number of carbonyl (C=O) groups is 1. The van der Waals surface area contributed by atoms with Crippen LogP contribution in [0.2, 0.25) is 0 Å². The Morgan fingerprint density at radius 3 is 2.44 bits per heavy atom. The highest BCUT2D eigenvalue weighted by Crippen LogP contribution is 2.04. The van der Waals surface area contributed by atoms with Crippen molar-refractivity contribution in [3.8, 4) is 0 Å². The van der Waals surface area contributed by atoms with Crippen LogP contribution in [0.3, 0.4) is 0 Å². The Labute approximate surface area is 98.6 Å². The molecule has 0 radical (unpaired) electrons. The summed E-state index contributed by atoms with van der Waals surface area (Å²) in [5, 5.41) is 9.65. The summed E-state index contributed by atoms with van der Waals surface area (Å²) in [7, 11) is 0. The number of rotatable bonds is 8. The molecule has 0 spiro atoms. The number of hydrogen-bond acceptors (Lipinski definition) is 4. The molecule has 1 N–H and O–H groups in total. The molecule has 0 aliphatic heterocycles. The molecule has 0 aromatic carbocycles. The average Bonchev–Trinajstić information content (AvgIpc) is 2.15. The van der Waals surface area contributed by atoms with Gasteiger partial charge in [-0.05, 0) is 26.8 Å². The number of nitrogens with zero attached hydrogens (tertiary/aromatic N) is 1. The summed E-state index contributed by atoms with van der Waals surface area (Å²) in [6.45, 7) is 9.44. The first kappa shape index (κ1) is 15.4. The molecule has 0 heterocycles. The summed E-state index contributed by atoms with van der Waals surface area (Å²) in [4.78, 5) is 13.3. The zero-order valence-corrected chi connectivity index (χ0v) is 11.0. The van der Waals surface area contributed by atoms with Crippen LogP contribution in [0.4, 0.5) is 0 Å². The van der Waals surface area contributed by atoms with Gasteiger partial charge >= 0.3 is 5.97 Å². The van der Waals surface area contributed by atoms with E-state index in [4.69, 9.17) is 4.74 Å². The molecular weight excluding hydrogens is 206 g/mol. The van der Waals surface area contributed by atoms with Crippen LogP contribution >= 0.6 is 0 Å². The minimum Gasteiger partial charge on any atom is -0.465 e. The molecule has 0 aromatic rings. The minimum atomic E-state index is -0.778. The van der Waals surface area contributed by atoms with Crippen LogP contribution < -0.4 is 0 Å². The number of hydrogen-bond donors (Lipinski definition) is 1. The predicted molar refractivity (Wildman–Crippen MR) is 64.3 cm³/mol. The third-order valence-corrected chi connectivity index (χ3v) is 2.17. The summed E-state index contributed by atoms with van der Waals surface area (Å²) in [6, 6.07) is 0. The minimum absolute atomic E-state index is 0.209. The normalized spacial score (nSPS) is 11.9. The van der Waals surface area contributed by atoms with E-state index in [0.29, 0.717) is 13.2 Å². The maximum Gasteiger partial charge on any atom is 0.320 e. The lowest BCUT2D eigenvalue weighted by molar-refractivity contribution is -0.145. The Balaban J connectivity index is 3.88. The van der Waals surface area contributed by atoms with Crippen LogP contribution in [-0.4, -0.2) is 47.8 Å². The van der Waals surface area contributed by atoms with Crippen LogP contribution in [0, 0.1) is 0 Å². The van der Waals surface area contributed by atoms with E-state index in [-0.39, 0.29) is 12.5 Å². The van der Waals surface area contributed by atoms with Gasteiger partial charge in [0.05, 0.1) is 18.8 Å². The van der Waals surface area contributed by atoms with Gasteiger partial charge in [-0.15, -0.1) is 0 Å². The molecule has 4 nitrogen and oxygen atoms in total. The molecule has 0 rings (SSSR count). The molecule has 16 heavy (non-hydrogen) atoms. The van der Waals surface area contributed by atoms with Crippen molar-refractivity contribution in [1.82, 2.24) is 4.90 Å². The first-order chi connectivity index (χ1) is 7.39. The topological polar surface area (TPSA) is 49.8 Å². The van der Waals surface area contributed by atoms with Gasteiger partial charge in [-0.1, -0.05) is 20.3 Å². The van der Waals surface area contributed by atoms with Crippen molar-refractivity contribution in [3.63, 3.8) is 0 Å². The summed E-state index contributed by atoms with van der Waals surface area (Å²) >= 11 is 0. The van der Waals surface area contributed by atoms with Crippen LogP contribution in [0.15, 0.2) is 0 Å². The van der Waals surface area contributed by atoms with Crippen LogP contribution in [0.25, 0.3) is 0 Å². The van der Waals surface area contributed by atoms with Gasteiger partial charge in [0.15, 0.2) is 0 Å². The van der Waals surface area contributed by atoms with E-state index in [2.05, 4.69) is 6.92 Å². The van der Waals surface area contributed by atoms with Gasteiger partial charge in [0, 0.05) is 6.54 Å². The van der Waals surface area contributed by atoms with E-state index in [1.54, 1.807) is 13.8 Å². The van der Waals surface area contributed by atoms with E-state index >= 15 is 0 Å². The van der Waals surface area contributed by atoms with Crippen LogP contribution in [0.1, 0.15) is 40.5 Å². The lowest BCUT2D eigenvalue weighted by atomic mass is 10.1. The van der Waals surface area contributed by atoms with E-state index in [1.165, 1.54) is 0 Å². The van der Waals surface area contributed by atoms with Crippen molar-refractivity contribution in [2.75, 3.05) is 26.2 Å². The molecule has 0 saturated heterocycles. The highest BCUT2D eigenvalue weighted by atomic mass is 16.5. The smallest absolute Gasteiger partial charge is 0.320 e. The second-order valence-corrected chi connectivity index (χ2v) is 4.69. The first-order valence-corrected chi connectivity index (χ1v) is 5.99. The van der Waals surface area contributed by atoms with Gasteiger partial charge < -0.3 is 9.84 Å². The van der Waals surface area contributed by atoms with E-state index in [1.807, 2.05) is 11.8 Å². The molecule has 0 aliphatic carbocycles. The van der Waals surface area contributed by atoms with Gasteiger partial charge in [0.1, 0.15) is 0 Å². The van der Waals surface area contributed by atoms with Crippen molar-refractivity contribution in [1.29, 1.82) is 0 Å². The van der Waals surface area contributed by atoms with Crippen LogP contribution in [-0.2, 0) is 9.53 Å². The fourth-order valence-corrected chi connectivity index (χ4v) is 1.39. The van der Waals surface area contributed by atoms with Crippen molar-refractivity contribution in [3.05, 3.63) is 0 Å². The number of ether oxygens (including phenoxy) is 1. The van der Waals surface area contributed by atoms with Gasteiger partial charge in [-0.25, -0.2) is 0 Å². The highest BCUT2D eigenvalue weighted by Gasteiger charge is 2.19. The Kier molecular flexibility index (Phi) is 7.34. The molecule has 0 bridgehead atoms. The van der Waals surface area contributed by atoms with E-state index in [9.17, 15) is 9.90 Å². The summed E-state index contributed by atoms with van der Waals surface area (Å²) < 4.78 is 5.07. The standard InChI is InChI=1S/C12H25NO3/c1-5-7-8-16-11(14)9-13(6-2)10-12(3,4)15/h15H,5-10H2,1-4H3. The quantitative estimate of drug-likeness (QED) is 0.507. The number of carbonyl (C=O) groups excluding carboxylic acids is 1. The Morgan fingerprint density at radius 1 is 1.38 bits per heavy atom.